The Morgan fingerprint density at radius 1 is 0.913 bits per heavy atom. The Morgan fingerprint density at radius 2 is 1.59 bits per heavy atom. The van der Waals surface area contributed by atoms with E-state index in [0.717, 1.165) is 31.2 Å². The van der Waals surface area contributed by atoms with Crippen molar-refractivity contribution in [2.24, 2.45) is 7.05 Å². The predicted molar refractivity (Wildman–Crippen MR) is 159 cm³/mol. The largest absolute Gasteiger partial charge is 0.318 e. The van der Waals surface area contributed by atoms with Crippen LogP contribution in [0.15, 0.2) is 58.5 Å². The van der Waals surface area contributed by atoms with Gasteiger partial charge in [-0.05, 0) is 66.5 Å². The molecule has 1 aliphatic carbocycles. The van der Waals surface area contributed by atoms with Gasteiger partial charge in [-0.3, -0.25) is 14.6 Å². The Kier molecular flexibility index (Phi) is 8.44. The molecule has 1 aliphatic heterocycles. The van der Waals surface area contributed by atoms with Gasteiger partial charge in [0.1, 0.15) is 6.04 Å². The molecule has 3 heterocycles. The van der Waals surface area contributed by atoms with E-state index in [1.54, 1.807) is 37.6 Å². The number of fused-ring (bicyclic) bond motifs is 1. The third-order valence-electron chi connectivity index (χ3n) is 8.88. The summed E-state index contributed by atoms with van der Waals surface area (Å²) in [5.41, 5.74) is 1.54. The lowest BCUT2D eigenvalue weighted by Gasteiger charge is -2.41. The molecule has 46 heavy (non-hydrogen) atoms. The molecule has 6 rings (SSSR count). The quantitative estimate of drug-likeness (QED) is 0.145. The zero-order chi connectivity index (χ0) is 32.9. The first-order chi connectivity index (χ1) is 21.9. The first-order valence-electron chi connectivity index (χ1n) is 14.8. The monoisotopic (exact) mass is 660 g/mol. The van der Waals surface area contributed by atoms with Crippen LogP contribution in [-0.4, -0.2) is 40.8 Å². The van der Waals surface area contributed by atoms with E-state index in [2.05, 4.69) is 4.98 Å². The summed E-state index contributed by atoms with van der Waals surface area (Å²) in [6.45, 7) is -0.527. The number of rotatable bonds is 7. The molecule has 8 nitrogen and oxygen atoms in total. The van der Waals surface area contributed by atoms with Crippen LogP contribution in [-0.2, 0) is 28.4 Å². The second-order valence-corrected chi connectivity index (χ2v) is 13.5. The number of sulfonamides is 1. The van der Waals surface area contributed by atoms with E-state index < -0.39 is 62.5 Å². The van der Waals surface area contributed by atoms with Crippen LogP contribution in [0.4, 0.5) is 27.6 Å². The van der Waals surface area contributed by atoms with Crippen molar-refractivity contribution in [3.63, 3.8) is 0 Å². The molecule has 1 amide bonds. The highest BCUT2D eigenvalue weighted by molar-refractivity contribution is 7.89. The van der Waals surface area contributed by atoms with Crippen molar-refractivity contribution < 1.29 is 35.2 Å². The third-order valence-corrected chi connectivity index (χ3v) is 10.8. The maximum atomic E-state index is 14.6. The van der Waals surface area contributed by atoms with Crippen LogP contribution in [0.2, 0.25) is 0 Å². The number of aromatic nitrogens is 2. The molecule has 1 saturated heterocycles. The Hall–Kier alpha value is -4.17. The fraction of sp³-hybridized carbons (Fsp3) is 0.344. The second-order valence-electron chi connectivity index (χ2n) is 11.7. The van der Waals surface area contributed by atoms with E-state index in [1.807, 2.05) is 6.07 Å². The van der Waals surface area contributed by atoms with Gasteiger partial charge in [0.2, 0.25) is 21.7 Å². The fourth-order valence-corrected chi connectivity index (χ4v) is 7.92. The van der Waals surface area contributed by atoms with Crippen LogP contribution in [0.25, 0.3) is 10.8 Å². The molecule has 1 saturated carbocycles. The second kappa shape index (κ2) is 12.2. The number of halogens is 5. The van der Waals surface area contributed by atoms with Gasteiger partial charge in [-0.25, -0.2) is 30.4 Å². The van der Waals surface area contributed by atoms with Crippen LogP contribution in [0.3, 0.4) is 0 Å². The van der Waals surface area contributed by atoms with Crippen LogP contribution in [0.5, 0.6) is 0 Å². The Balaban J connectivity index is 1.36. The van der Waals surface area contributed by atoms with Gasteiger partial charge < -0.3 is 9.47 Å². The summed E-state index contributed by atoms with van der Waals surface area (Å²) >= 11 is 0. The highest BCUT2D eigenvalue weighted by Crippen LogP contribution is 2.36. The minimum atomic E-state index is -5.34. The number of amides is 1. The average Bonchev–Trinajstić information content (AvgIpc) is 3.03. The fourth-order valence-electron chi connectivity index (χ4n) is 6.17. The van der Waals surface area contributed by atoms with Gasteiger partial charge in [0.05, 0.1) is 12.2 Å². The highest BCUT2D eigenvalue weighted by atomic mass is 32.2. The number of nitrogens with zero attached hydrogens (tertiary/aromatic N) is 4. The van der Waals surface area contributed by atoms with Crippen molar-refractivity contribution in [2.75, 3.05) is 11.4 Å². The summed E-state index contributed by atoms with van der Waals surface area (Å²) < 4.78 is 99.1. The summed E-state index contributed by atoms with van der Waals surface area (Å²) in [4.78, 5) is 30.5. The first kappa shape index (κ1) is 31.8. The van der Waals surface area contributed by atoms with E-state index in [4.69, 9.17) is 0 Å². The van der Waals surface area contributed by atoms with Crippen molar-refractivity contribution in [3.05, 3.63) is 99.5 Å². The Morgan fingerprint density at radius 3 is 2.20 bits per heavy atom. The topological polar surface area (TPSA) is 92.6 Å². The molecule has 1 unspecified atom stereocenters. The van der Waals surface area contributed by atoms with Gasteiger partial charge in [0.15, 0.2) is 28.2 Å². The molecule has 0 bridgehead atoms. The van der Waals surface area contributed by atoms with Gasteiger partial charge >= 0.3 is 0 Å². The standard InChI is InChI=1S/C32H29F5N4O4S/c1-39-13-11-19-15-22(9-10-23(19)31(39)42)40(17-21-8-7-20(16-38-21)18-5-3-2-4-6-18)32(43)24-12-14-41(24)46(44,45)30-28(36)26(34)25(33)27(35)29(30)37/h7-11,13,15-16,18,24H,2-6,12,14,17H2,1H3. The van der Waals surface area contributed by atoms with E-state index in [1.165, 1.54) is 28.0 Å². The van der Waals surface area contributed by atoms with E-state index in [-0.39, 0.29) is 24.2 Å². The molecule has 1 atom stereocenters. The number of anilines is 1. The number of pyridine rings is 2. The lowest BCUT2D eigenvalue weighted by molar-refractivity contribution is -0.125. The minimum Gasteiger partial charge on any atom is -0.318 e. The SMILES string of the molecule is Cn1ccc2cc(N(Cc3ccc(C4CCCCC4)cn3)C(=O)C3CCN3S(=O)(=O)c3c(F)c(F)c(F)c(F)c3F)ccc2c1=O. The summed E-state index contributed by atoms with van der Waals surface area (Å²) in [5.74, 6) is -12.8. The van der Waals surface area contributed by atoms with Crippen molar-refractivity contribution in [1.82, 2.24) is 13.9 Å². The first-order valence-corrected chi connectivity index (χ1v) is 16.2. The zero-order valence-corrected chi connectivity index (χ0v) is 25.5. The molecule has 2 aromatic carbocycles. The summed E-state index contributed by atoms with van der Waals surface area (Å²) in [6.07, 6.45) is 8.78. The van der Waals surface area contributed by atoms with Crippen molar-refractivity contribution >= 4 is 32.4 Å². The zero-order valence-electron chi connectivity index (χ0n) is 24.7. The maximum Gasteiger partial charge on any atom is 0.258 e. The number of carbonyl (C=O) groups is 1. The van der Waals surface area contributed by atoms with E-state index >= 15 is 0 Å². The molecule has 242 valence electrons. The molecule has 4 aromatic rings. The van der Waals surface area contributed by atoms with E-state index in [0.29, 0.717) is 26.7 Å². The molecule has 2 fully saturated rings. The van der Waals surface area contributed by atoms with Gasteiger partial charge in [0.25, 0.3) is 5.56 Å². The smallest absolute Gasteiger partial charge is 0.258 e. The number of hydrogen-bond donors (Lipinski definition) is 0. The van der Waals surface area contributed by atoms with Gasteiger partial charge in [0, 0.05) is 37.1 Å². The molecule has 14 heteroatoms. The Bertz CT molecular complexity index is 1990. The molecular formula is C32H29F5N4O4S. The molecule has 2 aromatic heterocycles. The summed E-state index contributed by atoms with van der Waals surface area (Å²) in [7, 11) is -3.75. The number of hydrogen-bond acceptors (Lipinski definition) is 5. The maximum absolute atomic E-state index is 14.6. The lowest BCUT2D eigenvalue weighted by Crippen LogP contribution is -2.59. The normalized spacial score (nSPS) is 17.7. The highest BCUT2D eigenvalue weighted by Gasteiger charge is 2.48. The average molecular weight is 661 g/mol. The van der Waals surface area contributed by atoms with Crippen LogP contribution < -0.4 is 10.5 Å². The van der Waals surface area contributed by atoms with Crippen molar-refractivity contribution in [1.29, 1.82) is 0 Å². The molecule has 2 aliphatic rings. The number of aryl methyl sites for hydroxylation is 1. The molecular weight excluding hydrogens is 631 g/mol. The van der Waals surface area contributed by atoms with Gasteiger partial charge in [-0.15, -0.1) is 0 Å². The molecule has 0 radical (unpaired) electrons. The van der Waals surface area contributed by atoms with Crippen molar-refractivity contribution in [2.45, 2.75) is 61.9 Å². The van der Waals surface area contributed by atoms with Gasteiger partial charge in [-0.1, -0.05) is 25.3 Å². The Labute approximate surface area is 261 Å². The van der Waals surface area contributed by atoms with E-state index in [9.17, 15) is 40.0 Å². The van der Waals surface area contributed by atoms with Crippen LogP contribution in [0.1, 0.15) is 55.7 Å². The molecule has 0 N–H and O–H groups in total. The minimum absolute atomic E-state index is 0.0773. The van der Waals surface area contributed by atoms with Crippen molar-refractivity contribution in [3.8, 4) is 0 Å². The number of benzene rings is 2. The predicted octanol–water partition coefficient (Wildman–Crippen LogP) is 5.67. The molecule has 0 spiro atoms. The number of carbonyl (C=O) groups excluding carboxylic acids is 1. The lowest BCUT2D eigenvalue weighted by atomic mass is 9.85. The summed E-state index contributed by atoms with van der Waals surface area (Å²) in [6, 6.07) is 8.48. The van der Waals surface area contributed by atoms with Crippen LogP contribution in [0, 0.1) is 29.1 Å². The van der Waals surface area contributed by atoms with Gasteiger partial charge in [-0.2, -0.15) is 4.31 Å². The third kappa shape index (κ3) is 5.46. The summed E-state index contributed by atoms with van der Waals surface area (Å²) in [5, 5.41) is 0.869. The van der Waals surface area contributed by atoms with Crippen LogP contribution >= 0.6 is 0 Å².